The average Bonchev–Trinajstić information content (AvgIpc) is 3.16. The zero-order valence-electron chi connectivity index (χ0n) is 18.4. The molecule has 7 heteroatoms. The largest absolute Gasteiger partial charge is 0.497 e. The number of rotatable bonds is 7. The number of ether oxygens (including phenoxy) is 2. The molecule has 0 fully saturated rings. The number of carbonyl (C=O) groups is 2. The molecule has 0 spiro atoms. The van der Waals surface area contributed by atoms with Crippen LogP contribution in [0.15, 0.2) is 83.9 Å². The maximum atomic E-state index is 13.6. The van der Waals surface area contributed by atoms with Crippen LogP contribution in [-0.2, 0) is 20.9 Å². The zero-order valence-corrected chi connectivity index (χ0v) is 19.2. The summed E-state index contributed by atoms with van der Waals surface area (Å²) in [6.07, 6.45) is 0. The molecule has 0 saturated heterocycles. The highest BCUT2D eigenvalue weighted by Gasteiger charge is 2.23. The van der Waals surface area contributed by atoms with E-state index in [9.17, 15) is 9.59 Å². The molecule has 0 unspecified atom stereocenters. The number of hydrogen-bond donors (Lipinski definition) is 0. The van der Waals surface area contributed by atoms with Gasteiger partial charge in [-0.2, -0.15) is 4.99 Å². The van der Waals surface area contributed by atoms with Gasteiger partial charge in [-0.1, -0.05) is 72.0 Å². The molecule has 0 bridgehead atoms. The second kappa shape index (κ2) is 10.3. The molecular weight excluding hydrogens is 436 g/mol. The number of carbonyl (C=O) groups excluding carboxylic acids is 2. The van der Waals surface area contributed by atoms with Crippen molar-refractivity contribution < 1.29 is 19.1 Å². The molecule has 33 heavy (non-hydrogen) atoms. The third-order valence-electron chi connectivity index (χ3n) is 5.20. The van der Waals surface area contributed by atoms with Crippen molar-refractivity contribution in [3.63, 3.8) is 0 Å². The van der Waals surface area contributed by atoms with Gasteiger partial charge in [-0.3, -0.25) is 9.59 Å². The Morgan fingerprint density at radius 1 is 0.970 bits per heavy atom. The van der Waals surface area contributed by atoms with E-state index in [2.05, 4.69) is 4.99 Å². The maximum Gasteiger partial charge on any atom is 0.326 e. The molecule has 4 aromatic rings. The van der Waals surface area contributed by atoms with Gasteiger partial charge < -0.3 is 14.0 Å². The van der Waals surface area contributed by atoms with Crippen LogP contribution in [0, 0.1) is 0 Å². The minimum atomic E-state index is -0.553. The van der Waals surface area contributed by atoms with Crippen molar-refractivity contribution in [3.05, 3.63) is 94.8 Å². The Morgan fingerprint density at radius 3 is 2.18 bits per heavy atom. The highest BCUT2D eigenvalue weighted by atomic mass is 32.1. The lowest BCUT2D eigenvalue weighted by atomic mass is 9.91. The number of methoxy groups -OCH3 is 1. The number of amides is 1. The Morgan fingerprint density at radius 2 is 1.61 bits per heavy atom. The van der Waals surface area contributed by atoms with Crippen LogP contribution in [0.25, 0.3) is 10.2 Å². The van der Waals surface area contributed by atoms with Crippen molar-refractivity contribution in [2.45, 2.75) is 19.4 Å². The van der Waals surface area contributed by atoms with Crippen LogP contribution in [-0.4, -0.2) is 30.2 Å². The molecule has 4 rings (SSSR count). The number of benzene rings is 3. The Labute approximate surface area is 195 Å². The predicted molar refractivity (Wildman–Crippen MR) is 128 cm³/mol. The van der Waals surface area contributed by atoms with Crippen LogP contribution in [0.4, 0.5) is 0 Å². The highest BCUT2D eigenvalue weighted by molar-refractivity contribution is 7.16. The van der Waals surface area contributed by atoms with Crippen LogP contribution >= 0.6 is 11.3 Å². The SMILES string of the molecule is CCOC(=O)Cn1c(=NC(=O)C(c2ccccc2)c2ccccc2)sc2cc(OC)ccc21. The molecule has 0 aliphatic carbocycles. The summed E-state index contributed by atoms with van der Waals surface area (Å²) < 4.78 is 13.1. The van der Waals surface area contributed by atoms with Crippen molar-refractivity contribution in [1.29, 1.82) is 0 Å². The van der Waals surface area contributed by atoms with Gasteiger partial charge in [0.05, 0.1) is 29.9 Å². The lowest BCUT2D eigenvalue weighted by molar-refractivity contribution is -0.143. The van der Waals surface area contributed by atoms with E-state index in [0.717, 1.165) is 21.3 Å². The third-order valence-corrected chi connectivity index (χ3v) is 6.24. The van der Waals surface area contributed by atoms with Gasteiger partial charge in [0.2, 0.25) is 0 Å². The highest BCUT2D eigenvalue weighted by Crippen LogP contribution is 2.27. The molecule has 0 atom stereocenters. The minimum absolute atomic E-state index is 0.0341. The summed E-state index contributed by atoms with van der Waals surface area (Å²) in [6, 6.07) is 24.7. The number of thiazole rings is 1. The third kappa shape index (κ3) is 5.04. The van der Waals surface area contributed by atoms with Crippen molar-refractivity contribution in [3.8, 4) is 5.75 Å². The fourth-order valence-electron chi connectivity index (χ4n) is 3.68. The second-order valence-electron chi connectivity index (χ2n) is 7.31. The molecule has 0 saturated carbocycles. The van der Waals surface area contributed by atoms with E-state index in [4.69, 9.17) is 9.47 Å². The van der Waals surface area contributed by atoms with E-state index in [1.54, 1.807) is 18.6 Å². The zero-order chi connectivity index (χ0) is 23.2. The molecule has 0 N–H and O–H groups in total. The quantitative estimate of drug-likeness (QED) is 0.380. The first kappa shape index (κ1) is 22.5. The Hall–Kier alpha value is -3.71. The fraction of sp³-hybridized carbons (Fsp3) is 0.192. The summed E-state index contributed by atoms with van der Waals surface area (Å²) in [5, 5.41) is 0. The lowest BCUT2D eigenvalue weighted by Gasteiger charge is -2.14. The van der Waals surface area contributed by atoms with Gasteiger partial charge in [0.25, 0.3) is 5.91 Å². The van der Waals surface area contributed by atoms with E-state index < -0.39 is 5.92 Å². The standard InChI is InChI=1S/C26H24N2O4S/c1-3-32-23(29)17-28-21-15-14-20(31-2)16-22(21)33-26(28)27-25(30)24(18-10-6-4-7-11-18)19-12-8-5-9-13-19/h4-16,24H,3,17H2,1-2H3. The topological polar surface area (TPSA) is 69.9 Å². The van der Waals surface area contributed by atoms with E-state index in [0.29, 0.717) is 10.6 Å². The van der Waals surface area contributed by atoms with Gasteiger partial charge in [-0.25, -0.2) is 0 Å². The molecule has 168 valence electrons. The second-order valence-corrected chi connectivity index (χ2v) is 8.32. The molecule has 1 aromatic heterocycles. The first-order valence-electron chi connectivity index (χ1n) is 10.6. The van der Waals surface area contributed by atoms with Crippen molar-refractivity contribution in [1.82, 2.24) is 4.57 Å². The van der Waals surface area contributed by atoms with Crippen molar-refractivity contribution >= 4 is 33.4 Å². The number of aromatic nitrogens is 1. The van der Waals surface area contributed by atoms with Gasteiger partial charge in [-0.15, -0.1) is 0 Å². The molecule has 1 heterocycles. The molecular formula is C26H24N2O4S. The molecule has 0 radical (unpaired) electrons. The summed E-state index contributed by atoms with van der Waals surface area (Å²) >= 11 is 1.34. The van der Waals surface area contributed by atoms with Gasteiger partial charge in [-0.05, 0) is 36.2 Å². The van der Waals surface area contributed by atoms with Crippen LogP contribution in [0.2, 0.25) is 0 Å². The van der Waals surface area contributed by atoms with Gasteiger partial charge in [0, 0.05) is 0 Å². The maximum absolute atomic E-state index is 13.6. The van der Waals surface area contributed by atoms with E-state index in [1.165, 1.54) is 11.3 Å². The smallest absolute Gasteiger partial charge is 0.326 e. The Kier molecular flexibility index (Phi) is 7.00. The van der Waals surface area contributed by atoms with Gasteiger partial charge in [0.15, 0.2) is 4.80 Å². The molecule has 1 amide bonds. The molecule has 0 aliphatic rings. The molecule has 6 nitrogen and oxygen atoms in total. The number of hydrogen-bond acceptors (Lipinski definition) is 5. The number of esters is 1. The van der Waals surface area contributed by atoms with Crippen LogP contribution in [0.3, 0.4) is 0 Å². The predicted octanol–water partition coefficient (Wildman–Crippen LogP) is 4.53. The summed E-state index contributed by atoms with van der Waals surface area (Å²) in [7, 11) is 1.60. The van der Waals surface area contributed by atoms with E-state index in [1.807, 2.05) is 78.9 Å². The number of nitrogens with zero attached hydrogens (tertiary/aromatic N) is 2. The fourth-order valence-corrected chi connectivity index (χ4v) is 4.75. The van der Waals surface area contributed by atoms with Crippen LogP contribution in [0.1, 0.15) is 24.0 Å². The van der Waals surface area contributed by atoms with Gasteiger partial charge in [0.1, 0.15) is 12.3 Å². The summed E-state index contributed by atoms with van der Waals surface area (Å²) in [5.74, 6) is -0.548. The Bertz CT molecular complexity index is 1290. The first-order chi connectivity index (χ1) is 16.1. The minimum Gasteiger partial charge on any atom is -0.497 e. The summed E-state index contributed by atoms with van der Waals surface area (Å²) in [4.78, 5) is 30.8. The average molecular weight is 461 g/mol. The first-order valence-corrected chi connectivity index (χ1v) is 11.4. The van der Waals surface area contributed by atoms with Crippen molar-refractivity contribution in [2.75, 3.05) is 13.7 Å². The number of fused-ring (bicyclic) bond motifs is 1. The summed E-state index contributed by atoms with van der Waals surface area (Å²) in [5.41, 5.74) is 2.51. The van der Waals surface area contributed by atoms with E-state index >= 15 is 0 Å². The normalized spacial score (nSPS) is 11.7. The van der Waals surface area contributed by atoms with E-state index in [-0.39, 0.29) is 25.0 Å². The Balaban J connectivity index is 1.84. The monoisotopic (exact) mass is 460 g/mol. The summed E-state index contributed by atoms with van der Waals surface area (Å²) in [6.45, 7) is 2.01. The van der Waals surface area contributed by atoms with Crippen molar-refractivity contribution in [2.24, 2.45) is 4.99 Å². The van der Waals surface area contributed by atoms with Gasteiger partial charge >= 0.3 is 5.97 Å². The lowest BCUT2D eigenvalue weighted by Crippen LogP contribution is -2.24. The molecule has 3 aromatic carbocycles. The van der Waals surface area contributed by atoms with Crippen LogP contribution in [0.5, 0.6) is 5.75 Å². The molecule has 0 aliphatic heterocycles. The van der Waals surface area contributed by atoms with Crippen LogP contribution < -0.4 is 9.54 Å².